The minimum atomic E-state index is -0.839. The Labute approximate surface area is 221 Å². The molecule has 0 aromatic heterocycles. The third-order valence-corrected chi connectivity index (χ3v) is 8.00. The van der Waals surface area contributed by atoms with E-state index in [1.165, 1.54) is 0 Å². The third-order valence-electron chi connectivity index (χ3n) is 8.00. The Morgan fingerprint density at radius 2 is 1.39 bits per heavy atom. The van der Waals surface area contributed by atoms with E-state index in [1.54, 1.807) is 0 Å². The second kappa shape index (κ2) is 12.9. The molecule has 36 heavy (non-hydrogen) atoms. The van der Waals surface area contributed by atoms with Gasteiger partial charge in [-0.15, -0.1) is 0 Å². The van der Waals surface area contributed by atoms with Gasteiger partial charge in [-0.05, 0) is 61.2 Å². The number of carbonyl (C=O) groups is 1. The van der Waals surface area contributed by atoms with E-state index >= 15 is 0 Å². The molecule has 2 rings (SSSR count). The largest absolute Gasteiger partial charge is 0.481 e. The van der Waals surface area contributed by atoms with E-state index in [0.717, 1.165) is 38.9 Å². The average molecular weight is 513 g/mol. The van der Waals surface area contributed by atoms with E-state index in [1.807, 2.05) is 0 Å². The normalized spacial score (nSPS) is 25.0. The molecule has 1 N–H and O–H groups in total. The van der Waals surface area contributed by atoms with Crippen molar-refractivity contribution in [3.63, 3.8) is 0 Å². The monoisotopic (exact) mass is 512 g/mol. The van der Waals surface area contributed by atoms with Gasteiger partial charge in [-0.2, -0.15) is 0 Å². The molecule has 0 saturated carbocycles. The van der Waals surface area contributed by atoms with Crippen LogP contribution in [0.4, 0.5) is 0 Å². The molecule has 5 unspecified atom stereocenters. The lowest BCUT2D eigenvalue weighted by Gasteiger charge is -2.45. The Morgan fingerprint density at radius 1 is 0.917 bits per heavy atom. The molecule has 0 aromatic carbocycles. The number of hydrogen-bond donors (Lipinski definition) is 1. The zero-order chi connectivity index (χ0) is 27.2. The van der Waals surface area contributed by atoms with Crippen molar-refractivity contribution in [1.29, 1.82) is 0 Å². The highest BCUT2D eigenvalue weighted by Crippen LogP contribution is 2.50. The van der Waals surface area contributed by atoms with Crippen molar-refractivity contribution in [3.05, 3.63) is 0 Å². The third kappa shape index (κ3) is 11.0. The quantitative estimate of drug-likeness (QED) is 0.208. The molecular weight excluding hydrogens is 456 g/mol. The highest BCUT2D eigenvalue weighted by molar-refractivity contribution is 5.75. The number of carboxylic acids is 1. The van der Waals surface area contributed by atoms with Crippen LogP contribution < -0.4 is 0 Å². The fourth-order valence-electron chi connectivity index (χ4n) is 5.95. The van der Waals surface area contributed by atoms with E-state index in [-0.39, 0.29) is 34.4 Å². The minimum absolute atomic E-state index is 0.0290. The second-order valence-electron chi connectivity index (χ2n) is 14.5. The maximum atomic E-state index is 13.3. The number of aliphatic carboxylic acids is 1. The Kier molecular flexibility index (Phi) is 11.3. The SMILES string of the molecule is CCC(COCC1CO1)(COCC1CO1)CC(CCC(C)CC(C)(C)C)(C(=O)O)C(C)CC(C)(C)C. The Hall–Kier alpha value is -0.690. The van der Waals surface area contributed by atoms with Crippen molar-refractivity contribution >= 4 is 5.97 Å². The highest BCUT2D eigenvalue weighted by atomic mass is 16.6. The molecule has 0 amide bonds. The van der Waals surface area contributed by atoms with Gasteiger partial charge in [-0.1, -0.05) is 62.3 Å². The van der Waals surface area contributed by atoms with Crippen LogP contribution in [0.25, 0.3) is 0 Å². The first-order valence-corrected chi connectivity index (χ1v) is 14.2. The first kappa shape index (κ1) is 31.5. The summed E-state index contributed by atoms with van der Waals surface area (Å²) in [5.74, 6) is -0.175. The first-order chi connectivity index (χ1) is 16.6. The Morgan fingerprint density at radius 3 is 1.75 bits per heavy atom. The first-order valence-electron chi connectivity index (χ1n) is 14.2. The Balaban J connectivity index is 2.31. The molecule has 5 atom stereocenters. The van der Waals surface area contributed by atoms with Gasteiger partial charge in [-0.25, -0.2) is 0 Å². The van der Waals surface area contributed by atoms with Crippen molar-refractivity contribution in [2.45, 2.75) is 113 Å². The zero-order valence-corrected chi connectivity index (χ0v) is 24.8. The van der Waals surface area contributed by atoms with Crippen molar-refractivity contribution < 1.29 is 28.8 Å². The summed E-state index contributed by atoms with van der Waals surface area (Å²) in [6.07, 6.45) is 5.26. The predicted molar refractivity (Wildman–Crippen MR) is 144 cm³/mol. The van der Waals surface area contributed by atoms with Crippen molar-refractivity contribution in [3.8, 4) is 0 Å². The molecule has 2 heterocycles. The molecule has 0 spiro atoms. The molecule has 0 bridgehead atoms. The summed E-state index contributed by atoms with van der Waals surface area (Å²) in [7, 11) is 0. The van der Waals surface area contributed by atoms with Gasteiger partial charge in [0.1, 0.15) is 12.2 Å². The summed E-state index contributed by atoms with van der Waals surface area (Å²) < 4.78 is 23.0. The Bertz CT molecular complexity index is 652. The van der Waals surface area contributed by atoms with Gasteiger partial charge in [0.05, 0.1) is 45.1 Å². The molecule has 0 aromatic rings. The van der Waals surface area contributed by atoms with Gasteiger partial charge < -0.3 is 24.1 Å². The molecule has 6 nitrogen and oxygen atoms in total. The molecule has 0 radical (unpaired) electrons. The van der Waals surface area contributed by atoms with Crippen LogP contribution in [-0.2, 0) is 23.7 Å². The second-order valence-corrected chi connectivity index (χ2v) is 14.5. The molecule has 2 fully saturated rings. The molecule has 6 heteroatoms. The maximum absolute atomic E-state index is 13.3. The number of hydrogen-bond acceptors (Lipinski definition) is 5. The summed E-state index contributed by atoms with van der Waals surface area (Å²) >= 11 is 0. The number of ether oxygens (including phenoxy) is 4. The van der Waals surface area contributed by atoms with Crippen LogP contribution in [0.2, 0.25) is 0 Å². The summed E-state index contributed by atoms with van der Waals surface area (Å²) in [6.45, 7) is 23.6. The minimum Gasteiger partial charge on any atom is -0.481 e. The van der Waals surface area contributed by atoms with Crippen LogP contribution in [0.3, 0.4) is 0 Å². The summed E-state index contributed by atoms with van der Waals surface area (Å²) in [4.78, 5) is 13.3. The van der Waals surface area contributed by atoms with E-state index < -0.39 is 11.4 Å². The molecule has 2 aliphatic heterocycles. The van der Waals surface area contributed by atoms with Crippen molar-refractivity contribution in [2.24, 2.45) is 33.5 Å². The average Bonchev–Trinajstić information content (AvgIpc) is 3.63. The van der Waals surface area contributed by atoms with Crippen LogP contribution >= 0.6 is 0 Å². The summed E-state index contributed by atoms with van der Waals surface area (Å²) in [6, 6.07) is 0. The van der Waals surface area contributed by atoms with Crippen LogP contribution in [0.5, 0.6) is 0 Å². The molecule has 2 aliphatic rings. The topological polar surface area (TPSA) is 80.8 Å². The number of rotatable bonds is 18. The standard InChI is InChI=1S/C30H56O6/c1-10-29(20-33-15-24-17-35-24,21-34-16-25-18-36-25)19-30(26(31)32,23(3)14-28(7,8)9)12-11-22(2)13-27(4,5)6/h22-25H,10-21H2,1-9H3,(H,31,32). The molecule has 0 aliphatic carbocycles. The van der Waals surface area contributed by atoms with Gasteiger partial charge in [0.25, 0.3) is 0 Å². The van der Waals surface area contributed by atoms with E-state index in [9.17, 15) is 9.90 Å². The zero-order valence-electron chi connectivity index (χ0n) is 24.8. The maximum Gasteiger partial charge on any atom is 0.309 e. The van der Waals surface area contributed by atoms with Gasteiger partial charge in [-0.3, -0.25) is 4.79 Å². The van der Waals surface area contributed by atoms with Crippen molar-refractivity contribution in [2.75, 3.05) is 39.6 Å². The van der Waals surface area contributed by atoms with E-state index in [4.69, 9.17) is 18.9 Å². The van der Waals surface area contributed by atoms with Crippen LogP contribution in [0, 0.1) is 33.5 Å². The van der Waals surface area contributed by atoms with Gasteiger partial charge >= 0.3 is 5.97 Å². The number of epoxide rings is 2. The molecule has 212 valence electrons. The lowest BCUT2D eigenvalue weighted by molar-refractivity contribution is -0.161. The summed E-state index contributed by atoms with van der Waals surface area (Å²) in [5.41, 5.74) is -0.936. The smallest absolute Gasteiger partial charge is 0.309 e. The lowest BCUT2D eigenvalue weighted by atomic mass is 9.59. The van der Waals surface area contributed by atoms with E-state index in [2.05, 4.69) is 62.3 Å². The van der Waals surface area contributed by atoms with Gasteiger partial charge in [0.15, 0.2) is 0 Å². The molecular formula is C30H56O6. The highest BCUT2D eigenvalue weighted by Gasteiger charge is 2.50. The summed E-state index contributed by atoms with van der Waals surface area (Å²) in [5, 5.41) is 10.9. The molecule has 2 saturated heterocycles. The van der Waals surface area contributed by atoms with Crippen LogP contribution in [0.15, 0.2) is 0 Å². The van der Waals surface area contributed by atoms with Gasteiger partial charge in [0.2, 0.25) is 0 Å². The lowest BCUT2D eigenvalue weighted by Crippen LogP contribution is -2.47. The number of carboxylic acid groups (broad SMARTS) is 1. The van der Waals surface area contributed by atoms with Crippen LogP contribution in [0.1, 0.15) is 101 Å². The van der Waals surface area contributed by atoms with Crippen molar-refractivity contribution in [1.82, 2.24) is 0 Å². The fourth-order valence-corrected chi connectivity index (χ4v) is 5.95. The predicted octanol–water partition coefficient (Wildman–Crippen LogP) is 6.60. The van der Waals surface area contributed by atoms with Gasteiger partial charge in [0, 0.05) is 5.41 Å². The fraction of sp³-hybridized carbons (Fsp3) is 0.967. The van der Waals surface area contributed by atoms with Crippen LogP contribution in [-0.4, -0.2) is 62.9 Å². The van der Waals surface area contributed by atoms with E-state index in [0.29, 0.717) is 45.2 Å².